The molecule has 2 aliphatic rings. The van der Waals surface area contributed by atoms with Gasteiger partial charge < -0.3 is 14.7 Å². The fraction of sp³-hybridized carbons (Fsp3) is 0.667. The van der Waals surface area contributed by atoms with Crippen molar-refractivity contribution in [3.63, 3.8) is 0 Å². The van der Waals surface area contributed by atoms with Crippen molar-refractivity contribution < 1.29 is 19.4 Å². The number of carboxylic acids is 1. The molecule has 2 aliphatic heterocycles. The van der Waals surface area contributed by atoms with Crippen LogP contribution in [0, 0.1) is 5.92 Å². The van der Waals surface area contributed by atoms with E-state index in [-0.39, 0.29) is 12.0 Å². The van der Waals surface area contributed by atoms with Gasteiger partial charge in [0.15, 0.2) is 6.10 Å². The van der Waals surface area contributed by atoms with Crippen molar-refractivity contribution in [1.29, 1.82) is 0 Å². The number of carboxylic acid groups (broad SMARTS) is 1. The van der Waals surface area contributed by atoms with E-state index in [1.807, 2.05) is 11.0 Å². The first kappa shape index (κ1) is 15.0. The van der Waals surface area contributed by atoms with Gasteiger partial charge in [0.05, 0.1) is 12.5 Å². The van der Waals surface area contributed by atoms with Gasteiger partial charge in [-0.1, -0.05) is 0 Å². The van der Waals surface area contributed by atoms with Crippen molar-refractivity contribution in [3.8, 4) is 0 Å². The van der Waals surface area contributed by atoms with Gasteiger partial charge in [-0.25, -0.2) is 4.79 Å². The summed E-state index contributed by atoms with van der Waals surface area (Å²) >= 11 is 0. The molecule has 1 aromatic rings. The monoisotopic (exact) mass is 307 g/mol. The van der Waals surface area contributed by atoms with E-state index in [1.54, 1.807) is 6.20 Å². The second kappa shape index (κ2) is 6.48. The molecule has 3 rings (SSSR count). The molecular formula is C15H21N3O4. The Labute approximate surface area is 128 Å². The van der Waals surface area contributed by atoms with Crippen LogP contribution in [0.15, 0.2) is 12.3 Å². The molecule has 0 saturated carbocycles. The molecular weight excluding hydrogens is 286 g/mol. The summed E-state index contributed by atoms with van der Waals surface area (Å²) in [5.74, 6) is -0.395. The third-order valence-corrected chi connectivity index (χ3v) is 4.65. The largest absolute Gasteiger partial charge is 0.479 e. The van der Waals surface area contributed by atoms with Crippen LogP contribution < -0.4 is 0 Å². The standard InChI is InChI=1S/C15H21N3O4/c19-14(9-11-3-6-16-17-11)18-7-4-10(5-8-18)12-1-2-13(22-12)15(20)21/h3,6,10,12-13H,1-2,4-5,7-9H2,(H,16,17)(H,20,21)/t12-,13+/m0/s1. The Morgan fingerprint density at radius 1 is 1.32 bits per heavy atom. The molecule has 0 radical (unpaired) electrons. The van der Waals surface area contributed by atoms with Gasteiger partial charge in [0.25, 0.3) is 0 Å². The molecule has 0 spiro atoms. The number of hydrogen-bond donors (Lipinski definition) is 2. The molecule has 7 heteroatoms. The third-order valence-electron chi connectivity index (χ3n) is 4.65. The molecule has 0 bridgehead atoms. The lowest BCUT2D eigenvalue weighted by Crippen LogP contribution is -2.42. The number of likely N-dealkylation sites (tertiary alicyclic amines) is 1. The Bertz CT molecular complexity index is 523. The van der Waals surface area contributed by atoms with Crippen LogP contribution in [0.3, 0.4) is 0 Å². The SMILES string of the molecule is O=C(O)[C@H]1CC[C@@H](C2CCN(C(=O)Cc3ccn[nH]3)CC2)O1. The molecule has 22 heavy (non-hydrogen) atoms. The first-order chi connectivity index (χ1) is 10.6. The van der Waals surface area contributed by atoms with Gasteiger partial charge in [0.2, 0.25) is 5.91 Å². The summed E-state index contributed by atoms with van der Waals surface area (Å²) < 4.78 is 5.63. The van der Waals surface area contributed by atoms with E-state index in [2.05, 4.69) is 10.2 Å². The number of carbonyl (C=O) groups excluding carboxylic acids is 1. The highest BCUT2D eigenvalue weighted by atomic mass is 16.5. The number of H-pyrrole nitrogens is 1. The minimum absolute atomic E-state index is 0.0333. The number of rotatable bonds is 4. The lowest BCUT2D eigenvalue weighted by atomic mass is 9.89. The van der Waals surface area contributed by atoms with Crippen LogP contribution in [0.4, 0.5) is 0 Å². The second-order valence-corrected chi connectivity index (χ2v) is 6.06. The number of ether oxygens (including phenoxy) is 1. The van der Waals surface area contributed by atoms with Crippen molar-refractivity contribution in [1.82, 2.24) is 15.1 Å². The Morgan fingerprint density at radius 3 is 2.68 bits per heavy atom. The molecule has 2 atom stereocenters. The first-order valence-electron chi connectivity index (χ1n) is 7.78. The molecule has 0 aromatic carbocycles. The summed E-state index contributed by atoms with van der Waals surface area (Å²) in [5, 5.41) is 15.6. The zero-order valence-electron chi connectivity index (χ0n) is 12.4. The Hall–Kier alpha value is -1.89. The predicted octanol–water partition coefficient (Wildman–Crippen LogP) is 0.823. The smallest absolute Gasteiger partial charge is 0.332 e. The van der Waals surface area contributed by atoms with Crippen LogP contribution in [0.2, 0.25) is 0 Å². The van der Waals surface area contributed by atoms with E-state index < -0.39 is 12.1 Å². The van der Waals surface area contributed by atoms with Gasteiger partial charge in [-0.2, -0.15) is 5.10 Å². The van der Waals surface area contributed by atoms with Crippen molar-refractivity contribution >= 4 is 11.9 Å². The number of nitrogens with zero attached hydrogens (tertiary/aromatic N) is 2. The maximum Gasteiger partial charge on any atom is 0.332 e. The van der Waals surface area contributed by atoms with Crippen molar-refractivity contribution in [2.45, 2.75) is 44.3 Å². The highest BCUT2D eigenvalue weighted by Crippen LogP contribution is 2.32. The lowest BCUT2D eigenvalue weighted by Gasteiger charge is -2.34. The minimum atomic E-state index is -0.866. The van der Waals surface area contributed by atoms with Crippen LogP contribution in [-0.2, 0) is 20.7 Å². The highest BCUT2D eigenvalue weighted by Gasteiger charge is 2.37. The number of piperidine rings is 1. The molecule has 0 aliphatic carbocycles. The van der Waals surface area contributed by atoms with Gasteiger partial charge in [0, 0.05) is 25.0 Å². The van der Waals surface area contributed by atoms with Crippen LogP contribution >= 0.6 is 0 Å². The summed E-state index contributed by atoms with van der Waals surface area (Å²) in [6, 6.07) is 1.81. The van der Waals surface area contributed by atoms with Gasteiger partial charge in [0.1, 0.15) is 0 Å². The van der Waals surface area contributed by atoms with E-state index in [1.165, 1.54) is 0 Å². The van der Waals surface area contributed by atoms with Crippen molar-refractivity contribution in [2.75, 3.05) is 13.1 Å². The van der Waals surface area contributed by atoms with Gasteiger partial charge in [-0.3, -0.25) is 9.89 Å². The highest BCUT2D eigenvalue weighted by molar-refractivity contribution is 5.78. The fourth-order valence-corrected chi connectivity index (χ4v) is 3.37. The summed E-state index contributed by atoms with van der Waals surface area (Å²) in [6.45, 7) is 1.43. The fourth-order valence-electron chi connectivity index (χ4n) is 3.37. The Balaban J connectivity index is 1.46. The van der Waals surface area contributed by atoms with E-state index >= 15 is 0 Å². The topological polar surface area (TPSA) is 95.5 Å². The minimum Gasteiger partial charge on any atom is -0.479 e. The number of aliphatic carboxylic acids is 1. The molecule has 1 aromatic heterocycles. The number of carbonyl (C=O) groups is 2. The summed E-state index contributed by atoms with van der Waals surface area (Å²) in [5.41, 5.74) is 0.829. The molecule has 2 saturated heterocycles. The quantitative estimate of drug-likeness (QED) is 0.858. The zero-order valence-corrected chi connectivity index (χ0v) is 12.4. The number of amides is 1. The molecule has 0 unspecified atom stereocenters. The number of hydrogen-bond acceptors (Lipinski definition) is 4. The number of aromatic amines is 1. The molecule has 7 nitrogen and oxygen atoms in total. The zero-order chi connectivity index (χ0) is 15.5. The normalized spacial score (nSPS) is 26.3. The van der Waals surface area contributed by atoms with Gasteiger partial charge in [-0.05, 0) is 37.7 Å². The van der Waals surface area contributed by atoms with E-state index in [0.29, 0.717) is 18.8 Å². The van der Waals surface area contributed by atoms with Crippen molar-refractivity contribution in [2.24, 2.45) is 5.92 Å². The van der Waals surface area contributed by atoms with E-state index in [4.69, 9.17) is 9.84 Å². The van der Waals surface area contributed by atoms with Crippen LogP contribution in [-0.4, -0.2) is 57.4 Å². The summed E-state index contributed by atoms with van der Waals surface area (Å²) in [6.07, 6.45) is 4.55. The average Bonchev–Trinajstić information content (AvgIpc) is 3.18. The summed E-state index contributed by atoms with van der Waals surface area (Å²) in [7, 11) is 0. The van der Waals surface area contributed by atoms with Gasteiger partial charge in [-0.15, -0.1) is 0 Å². The van der Waals surface area contributed by atoms with Crippen molar-refractivity contribution in [3.05, 3.63) is 18.0 Å². The van der Waals surface area contributed by atoms with E-state index in [9.17, 15) is 9.59 Å². The summed E-state index contributed by atoms with van der Waals surface area (Å²) in [4.78, 5) is 25.0. The molecule has 120 valence electrons. The van der Waals surface area contributed by atoms with Gasteiger partial charge >= 0.3 is 5.97 Å². The molecule has 2 fully saturated rings. The van der Waals surface area contributed by atoms with Crippen LogP contribution in [0.1, 0.15) is 31.4 Å². The molecule has 2 N–H and O–H groups in total. The predicted molar refractivity (Wildman–Crippen MR) is 77.1 cm³/mol. The number of nitrogens with one attached hydrogen (secondary N) is 1. The maximum absolute atomic E-state index is 12.2. The first-order valence-corrected chi connectivity index (χ1v) is 7.78. The number of aromatic nitrogens is 2. The lowest BCUT2D eigenvalue weighted by molar-refractivity contribution is -0.151. The molecule has 1 amide bonds. The Morgan fingerprint density at radius 2 is 2.09 bits per heavy atom. The Kier molecular flexibility index (Phi) is 4.42. The van der Waals surface area contributed by atoms with Crippen LogP contribution in [0.25, 0.3) is 0 Å². The second-order valence-electron chi connectivity index (χ2n) is 6.06. The maximum atomic E-state index is 12.2. The van der Waals surface area contributed by atoms with E-state index in [0.717, 1.165) is 38.0 Å². The average molecular weight is 307 g/mol. The molecule has 3 heterocycles. The van der Waals surface area contributed by atoms with Crippen LogP contribution in [0.5, 0.6) is 0 Å². The third kappa shape index (κ3) is 3.30.